The van der Waals surface area contributed by atoms with Crippen molar-refractivity contribution >= 4 is 34.9 Å². The Labute approximate surface area is 177 Å². The number of carbonyl (C=O) groups excluding carboxylic acids is 2. The second-order valence-corrected chi connectivity index (χ2v) is 9.01. The first kappa shape index (κ1) is 20.1. The van der Waals surface area contributed by atoms with E-state index in [1.807, 2.05) is 6.92 Å². The van der Waals surface area contributed by atoms with Gasteiger partial charge in [0.25, 0.3) is 5.91 Å². The Kier molecular flexibility index (Phi) is 5.03. The van der Waals surface area contributed by atoms with Crippen LogP contribution in [0, 0.1) is 18.2 Å². The molecular weight excluding hydrogens is 418 g/mol. The lowest BCUT2D eigenvalue weighted by molar-refractivity contribution is -0.162. The van der Waals surface area contributed by atoms with Crippen molar-refractivity contribution in [2.24, 2.45) is 5.41 Å². The molecule has 1 aromatic carbocycles. The number of nitrogens with one attached hydrogen (secondary N) is 1. The number of hydrogen-bond acceptors (Lipinski definition) is 4. The van der Waals surface area contributed by atoms with E-state index in [1.165, 1.54) is 6.20 Å². The van der Waals surface area contributed by atoms with Gasteiger partial charge in [-0.1, -0.05) is 23.2 Å². The number of rotatable bonds is 7. The van der Waals surface area contributed by atoms with Crippen LogP contribution in [0.15, 0.2) is 30.5 Å². The predicted molar refractivity (Wildman–Crippen MR) is 107 cm³/mol. The van der Waals surface area contributed by atoms with Gasteiger partial charge in [-0.2, -0.15) is 0 Å². The van der Waals surface area contributed by atoms with E-state index in [-0.39, 0.29) is 34.1 Å². The summed E-state index contributed by atoms with van der Waals surface area (Å²) in [6, 6.07) is 6.33. The molecule has 3 saturated carbocycles. The van der Waals surface area contributed by atoms with Crippen molar-refractivity contribution in [3.8, 4) is 5.75 Å². The number of pyridine rings is 1. The van der Waals surface area contributed by atoms with Crippen LogP contribution in [-0.4, -0.2) is 28.8 Å². The first-order valence-corrected chi connectivity index (χ1v) is 9.99. The molecule has 1 amide bonds. The molecule has 152 valence electrons. The van der Waals surface area contributed by atoms with Crippen LogP contribution in [-0.2, 0) is 4.79 Å². The lowest BCUT2D eigenvalue weighted by Gasteiger charge is -2.70. The molecule has 3 fully saturated rings. The van der Waals surface area contributed by atoms with E-state index < -0.39 is 11.7 Å². The molecule has 8 heteroatoms. The summed E-state index contributed by atoms with van der Waals surface area (Å²) in [5.74, 6) is -0.678. The van der Waals surface area contributed by atoms with Crippen LogP contribution >= 0.6 is 23.2 Å². The number of halogens is 3. The minimum absolute atomic E-state index is 0.00207. The number of benzene rings is 1. The molecule has 2 bridgehead atoms. The first-order valence-electron chi connectivity index (χ1n) is 9.24. The fourth-order valence-electron chi connectivity index (χ4n) is 4.54. The third-order valence-corrected chi connectivity index (χ3v) is 6.27. The average molecular weight is 437 g/mol. The number of hydrogen-bond donors (Lipinski definition) is 1. The standard InChI is InChI=1S/C21H19Cl2FN2O3/c1-12-4-15(2-3-16(12)23)29-8-14(27)6-20-9-21(10-20,11-20)26-19(28)18-17(24)5-13(22)7-25-18/h2-5,7H,6,8-11H2,1H3,(H,26,28). The largest absolute Gasteiger partial charge is 0.486 e. The normalized spacial score (nSPS) is 24.3. The van der Waals surface area contributed by atoms with E-state index in [0.29, 0.717) is 36.5 Å². The SMILES string of the molecule is Cc1cc(OCC(=O)CC23CC(NC(=O)c4ncc(Cl)cc4F)(C2)C3)ccc1Cl. The molecule has 0 spiro atoms. The van der Waals surface area contributed by atoms with Crippen molar-refractivity contribution in [3.05, 3.63) is 57.6 Å². The van der Waals surface area contributed by atoms with E-state index in [2.05, 4.69) is 10.3 Å². The molecular formula is C21H19Cl2FN2O3. The van der Waals surface area contributed by atoms with Crippen molar-refractivity contribution < 1.29 is 18.7 Å². The van der Waals surface area contributed by atoms with Crippen molar-refractivity contribution in [2.75, 3.05) is 6.61 Å². The summed E-state index contributed by atoms with van der Waals surface area (Å²) in [5.41, 5.74) is 0.172. The Morgan fingerprint density at radius 2 is 1.97 bits per heavy atom. The van der Waals surface area contributed by atoms with Crippen molar-refractivity contribution in [1.82, 2.24) is 10.3 Å². The molecule has 0 unspecified atom stereocenters. The van der Waals surface area contributed by atoms with Gasteiger partial charge in [0.15, 0.2) is 17.3 Å². The summed E-state index contributed by atoms with van der Waals surface area (Å²) in [6.07, 6.45) is 3.75. The van der Waals surface area contributed by atoms with Gasteiger partial charge in [0.2, 0.25) is 0 Å². The third-order valence-electron chi connectivity index (χ3n) is 5.64. The summed E-state index contributed by atoms with van der Waals surface area (Å²) < 4.78 is 19.4. The fraction of sp³-hybridized carbons (Fsp3) is 0.381. The zero-order valence-electron chi connectivity index (χ0n) is 15.7. The topological polar surface area (TPSA) is 68.3 Å². The van der Waals surface area contributed by atoms with Crippen LogP contribution in [0.25, 0.3) is 0 Å². The van der Waals surface area contributed by atoms with Crippen molar-refractivity contribution in [3.63, 3.8) is 0 Å². The van der Waals surface area contributed by atoms with Crippen LogP contribution in [0.3, 0.4) is 0 Å². The lowest BCUT2D eigenvalue weighted by atomic mass is 9.38. The molecule has 1 N–H and O–H groups in total. The highest BCUT2D eigenvalue weighted by Gasteiger charge is 2.68. The molecule has 1 aromatic heterocycles. The Balaban J connectivity index is 1.26. The summed E-state index contributed by atoms with van der Waals surface area (Å²) in [6.45, 7) is 1.88. The highest BCUT2D eigenvalue weighted by atomic mass is 35.5. The van der Waals surface area contributed by atoms with Gasteiger partial charge in [0, 0.05) is 23.2 Å². The molecule has 29 heavy (non-hydrogen) atoms. The summed E-state index contributed by atoms with van der Waals surface area (Å²) in [4.78, 5) is 28.4. The molecule has 3 aliphatic rings. The number of ketones is 1. The van der Waals surface area contributed by atoms with Gasteiger partial charge < -0.3 is 10.1 Å². The van der Waals surface area contributed by atoms with E-state index in [1.54, 1.807) is 18.2 Å². The number of aryl methyl sites for hydroxylation is 1. The maximum atomic E-state index is 13.9. The lowest BCUT2D eigenvalue weighted by Crippen LogP contribution is -2.75. The van der Waals surface area contributed by atoms with Gasteiger partial charge in [0.1, 0.15) is 12.4 Å². The highest BCUT2D eigenvalue weighted by molar-refractivity contribution is 6.31. The zero-order chi connectivity index (χ0) is 20.8. The first-order chi connectivity index (χ1) is 13.7. The second kappa shape index (κ2) is 7.26. The fourth-order valence-corrected chi connectivity index (χ4v) is 4.80. The highest BCUT2D eigenvalue weighted by Crippen LogP contribution is 2.69. The Morgan fingerprint density at radius 3 is 2.62 bits per heavy atom. The summed E-state index contributed by atoms with van der Waals surface area (Å²) in [7, 11) is 0. The number of carbonyl (C=O) groups is 2. The summed E-state index contributed by atoms with van der Waals surface area (Å²) >= 11 is 11.6. The van der Waals surface area contributed by atoms with Gasteiger partial charge in [0.05, 0.1) is 5.02 Å². The number of Topliss-reactive ketones (excluding diaryl/α,β-unsaturated/α-hetero) is 1. The molecule has 5 nitrogen and oxygen atoms in total. The third kappa shape index (κ3) is 3.96. The molecule has 0 atom stereocenters. The van der Waals surface area contributed by atoms with Crippen LogP contribution in [0.1, 0.15) is 41.7 Å². The average Bonchev–Trinajstić information content (AvgIpc) is 2.59. The Morgan fingerprint density at radius 1 is 1.24 bits per heavy atom. The van der Waals surface area contributed by atoms with Gasteiger partial charge >= 0.3 is 0 Å². The Hall–Kier alpha value is -2.18. The predicted octanol–water partition coefficient (Wildman–Crippen LogP) is 4.53. The molecule has 0 radical (unpaired) electrons. The second-order valence-electron chi connectivity index (χ2n) is 8.16. The number of aromatic nitrogens is 1. The number of nitrogens with zero attached hydrogens (tertiary/aromatic N) is 1. The van der Waals surface area contributed by atoms with E-state index in [9.17, 15) is 14.0 Å². The molecule has 3 aliphatic carbocycles. The summed E-state index contributed by atoms with van der Waals surface area (Å²) in [5, 5.41) is 3.65. The zero-order valence-corrected chi connectivity index (χ0v) is 17.2. The smallest absolute Gasteiger partial charge is 0.273 e. The minimum Gasteiger partial charge on any atom is -0.486 e. The van der Waals surface area contributed by atoms with Crippen LogP contribution < -0.4 is 10.1 Å². The van der Waals surface area contributed by atoms with E-state index >= 15 is 0 Å². The number of ether oxygens (including phenoxy) is 1. The van der Waals surface area contributed by atoms with Crippen molar-refractivity contribution in [1.29, 1.82) is 0 Å². The van der Waals surface area contributed by atoms with Crippen LogP contribution in [0.2, 0.25) is 10.0 Å². The van der Waals surface area contributed by atoms with Crippen LogP contribution in [0.4, 0.5) is 4.39 Å². The van der Waals surface area contributed by atoms with Gasteiger partial charge in [-0.25, -0.2) is 9.37 Å². The monoisotopic (exact) mass is 436 g/mol. The van der Waals surface area contributed by atoms with Gasteiger partial charge in [-0.3, -0.25) is 9.59 Å². The number of amides is 1. The van der Waals surface area contributed by atoms with Gasteiger partial charge in [-0.15, -0.1) is 0 Å². The molecule has 0 saturated heterocycles. The minimum atomic E-state index is -0.749. The van der Waals surface area contributed by atoms with Crippen LogP contribution in [0.5, 0.6) is 5.75 Å². The van der Waals surface area contributed by atoms with E-state index in [4.69, 9.17) is 27.9 Å². The maximum absolute atomic E-state index is 13.9. The molecule has 5 rings (SSSR count). The quantitative estimate of drug-likeness (QED) is 0.692. The van der Waals surface area contributed by atoms with E-state index in [0.717, 1.165) is 11.6 Å². The van der Waals surface area contributed by atoms with Crippen molar-refractivity contribution in [2.45, 2.75) is 38.1 Å². The van der Waals surface area contributed by atoms with Gasteiger partial charge in [-0.05, 0) is 61.4 Å². The molecule has 2 aromatic rings. The molecule has 0 aliphatic heterocycles. The Bertz CT molecular complexity index is 992. The molecule has 1 heterocycles. The maximum Gasteiger partial charge on any atom is 0.273 e.